The molecule has 2 heteroatoms. The molecule has 1 saturated heterocycles. The fourth-order valence-corrected chi connectivity index (χ4v) is 1.82. The van der Waals surface area contributed by atoms with Crippen molar-refractivity contribution in [2.75, 3.05) is 33.7 Å². The van der Waals surface area contributed by atoms with Crippen molar-refractivity contribution in [3.05, 3.63) is 0 Å². The van der Waals surface area contributed by atoms with Gasteiger partial charge in [-0.15, -0.1) is 0 Å². The summed E-state index contributed by atoms with van der Waals surface area (Å²) in [6, 6.07) is 0. The van der Waals surface area contributed by atoms with Crippen LogP contribution in [0.4, 0.5) is 0 Å². The molecule has 1 aliphatic heterocycles. The van der Waals surface area contributed by atoms with Crippen molar-refractivity contribution >= 4 is 0 Å². The summed E-state index contributed by atoms with van der Waals surface area (Å²) in [7, 11) is 4.32. The maximum Gasteiger partial charge on any atom is -0.00222 e. The first kappa shape index (κ1) is 10.0. The third-order valence-corrected chi connectivity index (χ3v) is 2.68. The van der Waals surface area contributed by atoms with Crippen LogP contribution in [0.25, 0.3) is 0 Å². The molecule has 1 aliphatic rings. The molecule has 12 heavy (non-hydrogen) atoms. The van der Waals surface area contributed by atoms with Crippen LogP contribution in [0.1, 0.15) is 25.7 Å². The Hall–Kier alpha value is -0.0800. The van der Waals surface area contributed by atoms with Crippen molar-refractivity contribution in [3.63, 3.8) is 0 Å². The average molecular weight is 170 g/mol. The van der Waals surface area contributed by atoms with Crippen molar-refractivity contribution < 1.29 is 0 Å². The van der Waals surface area contributed by atoms with Crippen LogP contribution in [0.15, 0.2) is 0 Å². The van der Waals surface area contributed by atoms with E-state index in [2.05, 4.69) is 24.3 Å². The molecule has 0 amide bonds. The summed E-state index contributed by atoms with van der Waals surface area (Å²) < 4.78 is 0. The van der Waals surface area contributed by atoms with Crippen molar-refractivity contribution in [3.8, 4) is 0 Å². The van der Waals surface area contributed by atoms with Gasteiger partial charge in [0.05, 0.1) is 0 Å². The molecule has 1 N–H and O–H groups in total. The lowest BCUT2D eigenvalue weighted by Gasteiger charge is -2.16. The second kappa shape index (κ2) is 5.55. The van der Waals surface area contributed by atoms with Crippen molar-refractivity contribution in [1.82, 2.24) is 10.2 Å². The Bertz CT molecular complexity index is 104. The van der Waals surface area contributed by atoms with E-state index in [1.165, 1.54) is 45.3 Å². The molecule has 0 aliphatic carbocycles. The van der Waals surface area contributed by atoms with Crippen LogP contribution >= 0.6 is 0 Å². The summed E-state index contributed by atoms with van der Waals surface area (Å²) in [5.74, 6) is 0.974. The molecule has 1 atom stereocenters. The fraction of sp³-hybridized carbons (Fsp3) is 1.00. The number of hydrogen-bond donors (Lipinski definition) is 1. The second-order valence-corrected chi connectivity index (χ2v) is 4.14. The zero-order valence-corrected chi connectivity index (χ0v) is 8.47. The number of nitrogens with zero attached hydrogens (tertiary/aromatic N) is 1. The standard InChI is InChI=1S/C10H22N2/c1-12(2)9-6-10-4-3-7-11-8-5-10/h10-11H,3-9H2,1-2H3. The topological polar surface area (TPSA) is 15.3 Å². The van der Waals surface area contributed by atoms with E-state index in [0.29, 0.717) is 0 Å². The van der Waals surface area contributed by atoms with Gasteiger partial charge in [-0.3, -0.25) is 0 Å². The zero-order valence-electron chi connectivity index (χ0n) is 8.47. The quantitative estimate of drug-likeness (QED) is 0.687. The van der Waals surface area contributed by atoms with Gasteiger partial charge in [-0.2, -0.15) is 0 Å². The Labute approximate surface area is 76.3 Å². The number of hydrogen-bond acceptors (Lipinski definition) is 2. The molecular weight excluding hydrogens is 148 g/mol. The van der Waals surface area contributed by atoms with Gasteiger partial charge in [0, 0.05) is 0 Å². The van der Waals surface area contributed by atoms with Gasteiger partial charge in [-0.25, -0.2) is 0 Å². The van der Waals surface area contributed by atoms with Crippen molar-refractivity contribution in [2.24, 2.45) is 5.92 Å². The molecule has 0 bridgehead atoms. The monoisotopic (exact) mass is 170 g/mol. The summed E-state index contributed by atoms with van der Waals surface area (Å²) in [6.07, 6.45) is 5.57. The van der Waals surface area contributed by atoms with Gasteiger partial charge in [0.25, 0.3) is 0 Å². The first-order valence-electron chi connectivity index (χ1n) is 5.14. The van der Waals surface area contributed by atoms with E-state index < -0.39 is 0 Å². The Kier molecular flexibility index (Phi) is 4.62. The van der Waals surface area contributed by atoms with Gasteiger partial charge in [-0.1, -0.05) is 0 Å². The van der Waals surface area contributed by atoms with Crippen LogP contribution in [0.5, 0.6) is 0 Å². The van der Waals surface area contributed by atoms with Crippen LogP contribution in [-0.4, -0.2) is 38.6 Å². The summed E-state index contributed by atoms with van der Waals surface area (Å²) in [5, 5.41) is 3.45. The van der Waals surface area contributed by atoms with Crippen molar-refractivity contribution in [1.29, 1.82) is 0 Å². The van der Waals surface area contributed by atoms with Crippen molar-refractivity contribution in [2.45, 2.75) is 25.7 Å². The molecule has 0 aromatic carbocycles. The first-order chi connectivity index (χ1) is 5.79. The van der Waals surface area contributed by atoms with E-state index in [-0.39, 0.29) is 0 Å². The van der Waals surface area contributed by atoms with Gasteiger partial charge in [0.1, 0.15) is 0 Å². The predicted octanol–water partition coefficient (Wildman–Crippen LogP) is 1.33. The third kappa shape index (κ3) is 4.07. The largest absolute Gasteiger partial charge is 0.317 e. The van der Waals surface area contributed by atoms with E-state index >= 15 is 0 Å². The SMILES string of the molecule is CN(C)CCC1CCCNCC1. The maximum atomic E-state index is 3.45. The Morgan fingerprint density at radius 2 is 2.08 bits per heavy atom. The highest BCUT2D eigenvalue weighted by Crippen LogP contribution is 2.17. The smallest absolute Gasteiger partial charge is 0.00222 e. The molecule has 72 valence electrons. The highest BCUT2D eigenvalue weighted by Gasteiger charge is 2.11. The van der Waals surface area contributed by atoms with E-state index in [0.717, 1.165) is 5.92 Å². The third-order valence-electron chi connectivity index (χ3n) is 2.68. The molecule has 0 spiro atoms. The number of rotatable bonds is 3. The molecule has 2 nitrogen and oxygen atoms in total. The van der Waals surface area contributed by atoms with E-state index in [1.54, 1.807) is 0 Å². The molecule has 0 saturated carbocycles. The molecular formula is C10H22N2. The molecule has 0 aromatic heterocycles. The van der Waals surface area contributed by atoms with Gasteiger partial charge >= 0.3 is 0 Å². The molecule has 1 fully saturated rings. The minimum absolute atomic E-state index is 0.974. The number of nitrogens with one attached hydrogen (secondary N) is 1. The van der Waals surface area contributed by atoms with Crippen LogP contribution in [0.3, 0.4) is 0 Å². The summed E-state index contributed by atoms with van der Waals surface area (Å²) in [5.41, 5.74) is 0. The molecule has 1 rings (SSSR count). The zero-order chi connectivity index (χ0) is 8.81. The van der Waals surface area contributed by atoms with E-state index in [9.17, 15) is 0 Å². The van der Waals surface area contributed by atoms with Gasteiger partial charge in [0.15, 0.2) is 0 Å². The Balaban J connectivity index is 2.12. The molecule has 1 unspecified atom stereocenters. The molecule has 0 aromatic rings. The average Bonchev–Trinajstić information content (AvgIpc) is 2.28. The normalized spacial score (nSPS) is 25.8. The second-order valence-electron chi connectivity index (χ2n) is 4.14. The van der Waals surface area contributed by atoms with Crippen LogP contribution in [0.2, 0.25) is 0 Å². The first-order valence-corrected chi connectivity index (χ1v) is 5.14. The summed E-state index contributed by atoms with van der Waals surface area (Å²) >= 11 is 0. The fourth-order valence-electron chi connectivity index (χ4n) is 1.82. The van der Waals surface area contributed by atoms with Gasteiger partial charge < -0.3 is 10.2 Å². The minimum Gasteiger partial charge on any atom is -0.317 e. The lowest BCUT2D eigenvalue weighted by atomic mass is 9.97. The highest BCUT2D eigenvalue weighted by atomic mass is 15.0. The minimum atomic E-state index is 0.974. The maximum absolute atomic E-state index is 3.45. The van der Waals surface area contributed by atoms with Crippen LogP contribution < -0.4 is 5.32 Å². The van der Waals surface area contributed by atoms with E-state index in [4.69, 9.17) is 0 Å². The Morgan fingerprint density at radius 3 is 2.83 bits per heavy atom. The summed E-state index contributed by atoms with van der Waals surface area (Å²) in [6.45, 7) is 3.72. The van der Waals surface area contributed by atoms with E-state index in [1.807, 2.05) is 0 Å². The molecule has 0 radical (unpaired) electrons. The summed E-state index contributed by atoms with van der Waals surface area (Å²) in [4.78, 5) is 2.29. The van der Waals surface area contributed by atoms with Crippen LogP contribution in [0, 0.1) is 5.92 Å². The highest BCUT2D eigenvalue weighted by molar-refractivity contribution is 4.67. The lowest BCUT2D eigenvalue weighted by Crippen LogP contribution is -2.18. The molecule has 1 heterocycles. The lowest BCUT2D eigenvalue weighted by molar-refractivity contribution is 0.334. The predicted molar refractivity (Wildman–Crippen MR) is 53.4 cm³/mol. The van der Waals surface area contributed by atoms with Crippen LogP contribution in [-0.2, 0) is 0 Å². The Morgan fingerprint density at radius 1 is 1.25 bits per heavy atom. The van der Waals surface area contributed by atoms with Gasteiger partial charge in [-0.05, 0) is 65.3 Å². The van der Waals surface area contributed by atoms with Gasteiger partial charge in [0.2, 0.25) is 0 Å².